The van der Waals surface area contributed by atoms with E-state index in [4.69, 9.17) is 0 Å². The minimum absolute atomic E-state index is 0.0440. The number of hydrogen-bond acceptors (Lipinski definition) is 3. The third-order valence-electron chi connectivity index (χ3n) is 1.10. The van der Waals surface area contributed by atoms with Crippen LogP contribution in [0.4, 0.5) is 0 Å². The molecule has 0 radical (unpaired) electrons. The lowest BCUT2D eigenvalue weighted by molar-refractivity contribution is -0.139. The lowest BCUT2D eigenvalue weighted by atomic mass is 10.3. The van der Waals surface area contributed by atoms with Gasteiger partial charge in [0, 0.05) is 0 Å². The van der Waals surface area contributed by atoms with Gasteiger partial charge in [-0.05, 0) is 6.42 Å². The first-order chi connectivity index (χ1) is 3.84. The van der Waals surface area contributed by atoms with Crippen molar-refractivity contribution in [3.63, 3.8) is 0 Å². The van der Waals surface area contributed by atoms with Crippen molar-refractivity contribution in [1.29, 1.82) is 0 Å². The maximum atomic E-state index is 10.6. The van der Waals surface area contributed by atoms with Crippen LogP contribution in [0.15, 0.2) is 0 Å². The summed E-state index contributed by atoms with van der Waals surface area (Å²) in [7, 11) is 0. The SMILES string of the molecule is CCC1SCOC1=O. The molecule has 0 aliphatic carbocycles. The minimum atomic E-state index is -0.0440. The molecule has 0 aromatic heterocycles. The summed E-state index contributed by atoms with van der Waals surface area (Å²) in [4.78, 5) is 10.6. The van der Waals surface area contributed by atoms with Crippen molar-refractivity contribution >= 4 is 17.7 Å². The first-order valence-corrected chi connectivity index (χ1v) is 3.67. The molecule has 0 aromatic rings. The second-order valence-corrected chi connectivity index (χ2v) is 2.78. The van der Waals surface area contributed by atoms with Gasteiger partial charge in [0.15, 0.2) is 0 Å². The maximum absolute atomic E-state index is 10.6. The highest BCUT2D eigenvalue weighted by atomic mass is 32.2. The fourth-order valence-corrected chi connectivity index (χ4v) is 1.41. The summed E-state index contributed by atoms with van der Waals surface area (Å²) < 4.78 is 4.68. The van der Waals surface area contributed by atoms with Crippen LogP contribution in [0, 0.1) is 0 Å². The van der Waals surface area contributed by atoms with Crippen molar-refractivity contribution in [2.75, 3.05) is 5.94 Å². The van der Waals surface area contributed by atoms with Crippen LogP contribution in [0.2, 0.25) is 0 Å². The molecule has 1 rings (SSSR count). The van der Waals surface area contributed by atoms with E-state index in [9.17, 15) is 4.79 Å². The Hall–Kier alpha value is -0.180. The van der Waals surface area contributed by atoms with Gasteiger partial charge in [-0.2, -0.15) is 0 Å². The molecule has 1 fully saturated rings. The van der Waals surface area contributed by atoms with E-state index in [0.29, 0.717) is 5.94 Å². The zero-order valence-electron chi connectivity index (χ0n) is 4.72. The van der Waals surface area contributed by atoms with Crippen LogP contribution < -0.4 is 0 Å². The Morgan fingerprint density at radius 2 is 2.75 bits per heavy atom. The molecular formula is C5H8O2S. The summed E-state index contributed by atoms with van der Waals surface area (Å²) in [5.74, 6) is 0.509. The number of ether oxygens (including phenoxy) is 1. The Morgan fingerprint density at radius 1 is 2.00 bits per heavy atom. The molecule has 0 aromatic carbocycles. The van der Waals surface area contributed by atoms with E-state index in [1.807, 2.05) is 6.92 Å². The van der Waals surface area contributed by atoms with E-state index in [0.717, 1.165) is 6.42 Å². The Labute approximate surface area is 52.6 Å². The molecule has 8 heavy (non-hydrogen) atoms. The number of rotatable bonds is 1. The number of cyclic esters (lactones) is 1. The van der Waals surface area contributed by atoms with Crippen molar-refractivity contribution < 1.29 is 9.53 Å². The summed E-state index contributed by atoms with van der Waals surface area (Å²) >= 11 is 1.58. The first kappa shape index (κ1) is 5.95. The van der Waals surface area contributed by atoms with E-state index >= 15 is 0 Å². The van der Waals surface area contributed by atoms with Crippen LogP contribution in [0.25, 0.3) is 0 Å². The summed E-state index contributed by atoms with van der Waals surface area (Å²) in [6.45, 7) is 1.99. The molecule has 0 spiro atoms. The average molecular weight is 132 g/mol. The number of esters is 1. The summed E-state index contributed by atoms with van der Waals surface area (Å²) in [5.41, 5.74) is 0. The van der Waals surface area contributed by atoms with Crippen LogP contribution in [-0.2, 0) is 9.53 Å². The van der Waals surface area contributed by atoms with Crippen molar-refractivity contribution in [2.45, 2.75) is 18.6 Å². The Morgan fingerprint density at radius 3 is 3.00 bits per heavy atom. The summed E-state index contributed by atoms with van der Waals surface area (Å²) in [6.07, 6.45) is 0.892. The standard InChI is InChI=1S/C5H8O2S/c1-2-4-5(6)7-3-8-4/h4H,2-3H2,1H3. The molecule has 3 heteroatoms. The fourth-order valence-electron chi connectivity index (χ4n) is 0.620. The predicted molar refractivity (Wildman–Crippen MR) is 32.6 cm³/mol. The van der Waals surface area contributed by atoms with Crippen LogP contribution >= 0.6 is 11.8 Å². The second-order valence-electron chi connectivity index (χ2n) is 1.64. The van der Waals surface area contributed by atoms with Crippen LogP contribution in [0.3, 0.4) is 0 Å². The van der Waals surface area contributed by atoms with E-state index in [1.54, 1.807) is 11.8 Å². The highest BCUT2D eigenvalue weighted by molar-refractivity contribution is 8.00. The largest absolute Gasteiger partial charge is 0.454 e. The van der Waals surface area contributed by atoms with Crippen LogP contribution in [0.5, 0.6) is 0 Å². The Kier molecular flexibility index (Phi) is 1.78. The molecule has 2 nitrogen and oxygen atoms in total. The van der Waals surface area contributed by atoms with Gasteiger partial charge in [-0.25, -0.2) is 0 Å². The topological polar surface area (TPSA) is 26.3 Å². The van der Waals surface area contributed by atoms with Crippen molar-refractivity contribution in [3.05, 3.63) is 0 Å². The smallest absolute Gasteiger partial charge is 0.320 e. The van der Waals surface area contributed by atoms with Gasteiger partial charge in [0.2, 0.25) is 0 Å². The molecular weight excluding hydrogens is 124 g/mol. The molecule has 0 amide bonds. The molecule has 1 aliphatic heterocycles. The Balaban J connectivity index is 2.42. The maximum Gasteiger partial charge on any atom is 0.320 e. The average Bonchev–Trinajstić information content (AvgIpc) is 2.14. The molecule has 1 heterocycles. The molecule has 1 atom stereocenters. The van der Waals surface area contributed by atoms with Gasteiger partial charge in [0.25, 0.3) is 0 Å². The number of carbonyl (C=O) groups excluding carboxylic acids is 1. The number of thioether (sulfide) groups is 1. The fraction of sp³-hybridized carbons (Fsp3) is 0.800. The van der Waals surface area contributed by atoms with Gasteiger partial charge in [-0.1, -0.05) is 6.92 Å². The molecule has 0 N–H and O–H groups in total. The van der Waals surface area contributed by atoms with Crippen LogP contribution in [0.1, 0.15) is 13.3 Å². The van der Waals surface area contributed by atoms with Gasteiger partial charge >= 0.3 is 5.97 Å². The van der Waals surface area contributed by atoms with Gasteiger partial charge in [0.1, 0.15) is 11.2 Å². The van der Waals surface area contributed by atoms with E-state index < -0.39 is 0 Å². The van der Waals surface area contributed by atoms with Crippen molar-refractivity contribution in [3.8, 4) is 0 Å². The third kappa shape index (κ3) is 0.968. The molecule has 0 saturated carbocycles. The minimum Gasteiger partial charge on any atom is -0.454 e. The lowest BCUT2D eigenvalue weighted by Crippen LogP contribution is -2.09. The van der Waals surface area contributed by atoms with E-state index in [2.05, 4.69) is 4.74 Å². The molecule has 46 valence electrons. The zero-order valence-corrected chi connectivity index (χ0v) is 5.53. The highest BCUT2D eigenvalue weighted by Gasteiger charge is 2.24. The van der Waals surface area contributed by atoms with E-state index in [1.165, 1.54) is 0 Å². The quantitative estimate of drug-likeness (QED) is 0.498. The Bertz CT molecular complexity index is 103. The van der Waals surface area contributed by atoms with Gasteiger partial charge in [-0.15, -0.1) is 11.8 Å². The molecule has 1 unspecified atom stereocenters. The van der Waals surface area contributed by atoms with Gasteiger partial charge in [0.05, 0.1) is 0 Å². The summed E-state index contributed by atoms with van der Waals surface area (Å²) in [5, 5.41) is 0.120. The number of hydrogen-bond donors (Lipinski definition) is 0. The lowest BCUT2D eigenvalue weighted by Gasteiger charge is -1.94. The molecule has 0 bridgehead atoms. The summed E-state index contributed by atoms with van der Waals surface area (Å²) in [6, 6.07) is 0. The van der Waals surface area contributed by atoms with E-state index in [-0.39, 0.29) is 11.2 Å². The predicted octanol–water partition coefficient (Wildman–Crippen LogP) is 1.01. The molecule has 1 aliphatic rings. The first-order valence-electron chi connectivity index (χ1n) is 2.63. The monoisotopic (exact) mass is 132 g/mol. The number of carbonyl (C=O) groups is 1. The third-order valence-corrected chi connectivity index (χ3v) is 2.29. The van der Waals surface area contributed by atoms with Crippen LogP contribution in [-0.4, -0.2) is 17.2 Å². The normalized spacial score (nSPS) is 28.1. The highest BCUT2D eigenvalue weighted by Crippen LogP contribution is 2.22. The van der Waals surface area contributed by atoms with Crippen molar-refractivity contribution in [1.82, 2.24) is 0 Å². The van der Waals surface area contributed by atoms with Gasteiger partial charge in [-0.3, -0.25) is 4.79 Å². The second kappa shape index (κ2) is 2.40. The van der Waals surface area contributed by atoms with Gasteiger partial charge < -0.3 is 4.74 Å². The zero-order chi connectivity index (χ0) is 5.98. The molecule has 1 saturated heterocycles. The van der Waals surface area contributed by atoms with Crippen molar-refractivity contribution in [2.24, 2.45) is 0 Å².